The molecule has 4 aliphatic carbocycles. The highest BCUT2D eigenvalue weighted by atomic mass is 16.7. The first-order valence-corrected chi connectivity index (χ1v) is 13.2. The van der Waals surface area contributed by atoms with Crippen LogP contribution in [0.1, 0.15) is 105 Å². The fourth-order valence-electron chi connectivity index (χ4n) is 9.30. The molecule has 1 aliphatic heterocycles. The lowest BCUT2D eigenvalue weighted by Crippen LogP contribution is -2.62. The number of fused-ring (bicyclic) bond motifs is 5. The number of hydrogen-bond acceptors (Lipinski definition) is 4. The standard InChI is InChI=1S/C27H45NO3/c1-18(29)27(28)13-11-22-20-9-8-19-17-24(2,31-23-7-5-6-16-30-23)14-15-25(19,3)21(20)10-12-26(22,27)4/h19-23H,5-17,28H2,1-4H3/t19?,20-,21+,22+,23?,24+,25+,26+,27+/m1/s1. The molecule has 0 radical (unpaired) electrons. The zero-order valence-corrected chi connectivity index (χ0v) is 20.4. The minimum absolute atomic E-state index is 0.00614. The summed E-state index contributed by atoms with van der Waals surface area (Å²) in [5, 5.41) is 0. The van der Waals surface area contributed by atoms with Gasteiger partial charge in [-0.05, 0) is 125 Å². The van der Waals surface area contributed by atoms with Crippen molar-refractivity contribution in [2.45, 2.75) is 122 Å². The summed E-state index contributed by atoms with van der Waals surface area (Å²) >= 11 is 0. The molecule has 2 unspecified atom stereocenters. The maximum atomic E-state index is 12.6. The molecule has 5 aliphatic rings. The van der Waals surface area contributed by atoms with Crippen molar-refractivity contribution >= 4 is 5.78 Å². The molecule has 4 heteroatoms. The van der Waals surface area contributed by atoms with Crippen molar-refractivity contribution in [3.05, 3.63) is 0 Å². The molecule has 31 heavy (non-hydrogen) atoms. The molecule has 0 spiro atoms. The first-order valence-electron chi connectivity index (χ1n) is 13.2. The van der Waals surface area contributed by atoms with E-state index in [0.717, 1.165) is 56.5 Å². The van der Waals surface area contributed by atoms with Crippen molar-refractivity contribution < 1.29 is 14.3 Å². The van der Waals surface area contributed by atoms with E-state index >= 15 is 0 Å². The molecular weight excluding hydrogens is 386 g/mol. The van der Waals surface area contributed by atoms with Gasteiger partial charge in [-0.25, -0.2) is 0 Å². The van der Waals surface area contributed by atoms with E-state index < -0.39 is 5.54 Å². The average molecular weight is 432 g/mol. The van der Waals surface area contributed by atoms with Crippen LogP contribution in [-0.2, 0) is 14.3 Å². The van der Waals surface area contributed by atoms with Gasteiger partial charge in [0.1, 0.15) is 5.78 Å². The van der Waals surface area contributed by atoms with Crippen molar-refractivity contribution in [2.75, 3.05) is 6.61 Å². The molecule has 0 amide bonds. The Balaban J connectivity index is 1.32. The molecule has 4 saturated carbocycles. The van der Waals surface area contributed by atoms with E-state index in [9.17, 15) is 4.79 Å². The second-order valence-corrected chi connectivity index (χ2v) is 12.7. The Bertz CT molecular complexity index is 719. The number of carbonyl (C=O) groups excluding carboxylic acids is 1. The van der Waals surface area contributed by atoms with Crippen molar-refractivity contribution in [2.24, 2.45) is 40.2 Å². The molecule has 5 rings (SSSR count). The third-order valence-electron chi connectivity index (χ3n) is 11.4. The van der Waals surface area contributed by atoms with Crippen LogP contribution in [-0.4, -0.2) is 29.8 Å². The number of ketones is 1. The molecule has 4 nitrogen and oxygen atoms in total. The SMILES string of the molecule is CC(=O)[C@@]1(N)CC[C@H]2[C@@H]3CCC4C[C@@](C)(OC5CCCCO5)CC[C@]4(C)[C@H]3CC[C@@]21C. The van der Waals surface area contributed by atoms with Crippen LogP contribution in [0.4, 0.5) is 0 Å². The van der Waals surface area contributed by atoms with Crippen LogP contribution in [0.3, 0.4) is 0 Å². The Labute approximate surface area is 189 Å². The molecule has 176 valence electrons. The van der Waals surface area contributed by atoms with E-state index in [2.05, 4.69) is 20.8 Å². The summed E-state index contributed by atoms with van der Waals surface area (Å²) in [5.41, 5.74) is 6.60. The van der Waals surface area contributed by atoms with Gasteiger partial charge in [-0.2, -0.15) is 0 Å². The number of ether oxygens (including phenoxy) is 2. The Hall–Kier alpha value is -0.450. The van der Waals surface area contributed by atoms with Crippen LogP contribution >= 0.6 is 0 Å². The van der Waals surface area contributed by atoms with E-state index in [4.69, 9.17) is 15.2 Å². The van der Waals surface area contributed by atoms with Gasteiger partial charge in [0.2, 0.25) is 0 Å². The lowest BCUT2D eigenvalue weighted by atomic mass is 9.43. The third-order valence-corrected chi connectivity index (χ3v) is 11.4. The van der Waals surface area contributed by atoms with Gasteiger partial charge >= 0.3 is 0 Å². The summed E-state index contributed by atoms with van der Waals surface area (Å²) < 4.78 is 12.5. The molecule has 0 aromatic rings. The number of rotatable bonds is 3. The van der Waals surface area contributed by atoms with Crippen molar-refractivity contribution in [3.8, 4) is 0 Å². The van der Waals surface area contributed by atoms with Gasteiger partial charge in [-0.3, -0.25) is 4.79 Å². The maximum absolute atomic E-state index is 12.6. The molecular formula is C27H45NO3. The van der Waals surface area contributed by atoms with Crippen molar-refractivity contribution in [1.82, 2.24) is 0 Å². The van der Waals surface area contributed by atoms with Gasteiger partial charge in [-0.15, -0.1) is 0 Å². The van der Waals surface area contributed by atoms with Crippen molar-refractivity contribution in [3.63, 3.8) is 0 Å². The second-order valence-electron chi connectivity index (χ2n) is 12.7. The summed E-state index contributed by atoms with van der Waals surface area (Å²) in [6.07, 6.45) is 14.1. The summed E-state index contributed by atoms with van der Waals surface area (Å²) in [6.45, 7) is 9.89. The van der Waals surface area contributed by atoms with Crippen LogP contribution in [0.25, 0.3) is 0 Å². The molecule has 0 bridgehead atoms. The summed E-state index contributed by atoms with van der Waals surface area (Å²) in [6, 6.07) is 0. The highest BCUT2D eigenvalue weighted by molar-refractivity contribution is 5.87. The topological polar surface area (TPSA) is 61.6 Å². The first kappa shape index (κ1) is 22.3. The maximum Gasteiger partial charge on any atom is 0.158 e. The fraction of sp³-hybridized carbons (Fsp3) is 0.963. The molecule has 9 atom stereocenters. The average Bonchev–Trinajstić information content (AvgIpc) is 3.02. The highest BCUT2D eigenvalue weighted by Crippen LogP contribution is 2.68. The zero-order chi connectivity index (χ0) is 22.1. The fourth-order valence-corrected chi connectivity index (χ4v) is 9.30. The Morgan fingerprint density at radius 3 is 2.42 bits per heavy atom. The van der Waals surface area contributed by atoms with Gasteiger partial charge in [0.05, 0.1) is 11.1 Å². The predicted octanol–water partition coefficient (Wildman–Crippen LogP) is 5.62. The normalized spacial score (nSPS) is 54.5. The summed E-state index contributed by atoms with van der Waals surface area (Å²) in [7, 11) is 0. The van der Waals surface area contributed by atoms with Crippen LogP contribution in [0, 0.1) is 34.5 Å². The molecule has 0 aromatic heterocycles. The largest absolute Gasteiger partial charge is 0.353 e. The minimum Gasteiger partial charge on any atom is -0.353 e. The van der Waals surface area contributed by atoms with E-state index in [1.807, 2.05) is 0 Å². The molecule has 2 N–H and O–H groups in total. The van der Waals surface area contributed by atoms with Gasteiger partial charge in [-0.1, -0.05) is 13.8 Å². The Morgan fingerprint density at radius 2 is 1.71 bits per heavy atom. The first-order chi connectivity index (χ1) is 14.6. The van der Waals surface area contributed by atoms with Crippen LogP contribution < -0.4 is 5.73 Å². The molecule has 1 heterocycles. The molecule has 0 aromatic carbocycles. The lowest BCUT2D eigenvalue weighted by molar-refractivity contribution is -0.247. The quantitative estimate of drug-likeness (QED) is 0.589. The van der Waals surface area contributed by atoms with Gasteiger partial charge in [0.15, 0.2) is 6.29 Å². The monoisotopic (exact) mass is 431 g/mol. The van der Waals surface area contributed by atoms with E-state index in [1.165, 1.54) is 44.9 Å². The highest BCUT2D eigenvalue weighted by Gasteiger charge is 2.65. The van der Waals surface area contributed by atoms with Gasteiger partial charge < -0.3 is 15.2 Å². The summed E-state index contributed by atoms with van der Waals surface area (Å²) in [4.78, 5) is 12.6. The molecule has 1 saturated heterocycles. The minimum atomic E-state index is -0.598. The Morgan fingerprint density at radius 1 is 0.935 bits per heavy atom. The van der Waals surface area contributed by atoms with Gasteiger partial charge in [0, 0.05) is 6.61 Å². The van der Waals surface area contributed by atoms with Gasteiger partial charge in [0.25, 0.3) is 0 Å². The lowest BCUT2D eigenvalue weighted by Gasteiger charge is -2.63. The van der Waals surface area contributed by atoms with Crippen LogP contribution in [0.15, 0.2) is 0 Å². The number of nitrogens with two attached hydrogens (primary N) is 1. The van der Waals surface area contributed by atoms with Crippen molar-refractivity contribution in [1.29, 1.82) is 0 Å². The predicted molar refractivity (Wildman–Crippen MR) is 122 cm³/mol. The number of hydrogen-bond donors (Lipinski definition) is 1. The van der Waals surface area contributed by atoms with E-state index in [0.29, 0.717) is 11.3 Å². The zero-order valence-electron chi connectivity index (χ0n) is 20.4. The Kier molecular flexibility index (Phi) is 5.43. The van der Waals surface area contributed by atoms with Crippen LogP contribution in [0.2, 0.25) is 0 Å². The van der Waals surface area contributed by atoms with E-state index in [-0.39, 0.29) is 23.1 Å². The summed E-state index contributed by atoms with van der Waals surface area (Å²) in [5.74, 6) is 3.12. The van der Waals surface area contributed by atoms with E-state index in [1.54, 1.807) is 6.92 Å². The molecule has 5 fully saturated rings. The smallest absolute Gasteiger partial charge is 0.158 e. The number of Topliss-reactive ketones (excluding diaryl/α,β-unsaturated/α-hetero) is 1. The second kappa shape index (κ2) is 7.53. The van der Waals surface area contributed by atoms with Crippen LogP contribution in [0.5, 0.6) is 0 Å². The number of carbonyl (C=O) groups is 1. The third kappa shape index (κ3) is 3.29.